The van der Waals surface area contributed by atoms with Crippen LogP contribution in [0.25, 0.3) is 0 Å². The molecule has 1 N–H and O–H groups in total. The summed E-state index contributed by atoms with van der Waals surface area (Å²) < 4.78 is 0. The van der Waals surface area contributed by atoms with E-state index >= 15 is 0 Å². The Morgan fingerprint density at radius 1 is 1.14 bits per heavy atom. The zero-order valence-corrected chi connectivity index (χ0v) is 14.4. The van der Waals surface area contributed by atoms with Gasteiger partial charge in [0.2, 0.25) is 0 Å². The predicted molar refractivity (Wildman–Crippen MR) is 91.4 cm³/mol. The average Bonchev–Trinajstić information content (AvgIpc) is 2.83. The van der Waals surface area contributed by atoms with Crippen LogP contribution in [0.2, 0.25) is 0 Å². The van der Waals surface area contributed by atoms with Gasteiger partial charge in [0.25, 0.3) is 0 Å². The van der Waals surface area contributed by atoms with Crippen molar-refractivity contribution in [1.29, 1.82) is 0 Å². The topological polar surface area (TPSA) is 37.3 Å². The van der Waals surface area contributed by atoms with Crippen molar-refractivity contribution in [3.05, 3.63) is 12.7 Å². The summed E-state index contributed by atoms with van der Waals surface area (Å²) in [5.41, 5.74) is 0. The van der Waals surface area contributed by atoms with Crippen LogP contribution in [0.5, 0.6) is 0 Å². The molecule has 0 saturated heterocycles. The van der Waals surface area contributed by atoms with Gasteiger partial charge in [0.15, 0.2) is 0 Å². The summed E-state index contributed by atoms with van der Waals surface area (Å²) >= 11 is 0. The van der Waals surface area contributed by atoms with Crippen LogP contribution in [0.4, 0.5) is 0 Å². The van der Waals surface area contributed by atoms with Gasteiger partial charge in [-0.2, -0.15) is 0 Å². The van der Waals surface area contributed by atoms with Gasteiger partial charge in [-0.05, 0) is 57.3 Å². The van der Waals surface area contributed by atoms with E-state index < -0.39 is 0 Å². The van der Waals surface area contributed by atoms with Gasteiger partial charge in [-0.1, -0.05) is 39.2 Å². The first-order valence-corrected chi connectivity index (χ1v) is 8.93. The maximum Gasteiger partial charge on any atom is 0.129 e. The lowest BCUT2D eigenvalue weighted by atomic mass is 9.86. The third kappa shape index (κ3) is 9.08. The number of aliphatic hydroxyl groups excluding tert-OH is 1. The summed E-state index contributed by atoms with van der Waals surface area (Å²) in [7, 11) is 0. The molecule has 1 rings (SSSR count). The van der Waals surface area contributed by atoms with Crippen molar-refractivity contribution >= 4 is 5.78 Å². The zero-order chi connectivity index (χ0) is 16.1. The van der Waals surface area contributed by atoms with Crippen LogP contribution in [-0.4, -0.2) is 17.0 Å². The molecule has 0 radical (unpaired) electrons. The average molecular weight is 296 g/mol. The maximum absolute atomic E-state index is 10.8. The lowest BCUT2D eigenvalue weighted by Gasteiger charge is -2.21. The molecule has 0 aliphatic heterocycles. The van der Waals surface area contributed by atoms with Crippen LogP contribution < -0.4 is 0 Å². The molecule has 124 valence electrons. The Morgan fingerprint density at radius 2 is 1.81 bits per heavy atom. The van der Waals surface area contributed by atoms with Crippen molar-refractivity contribution in [2.45, 2.75) is 91.1 Å². The van der Waals surface area contributed by atoms with Gasteiger partial charge in [0.1, 0.15) is 5.78 Å². The minimum atomic E-state index is -0.0768. The van der Waals surface area contributed by atoms with Gasteiger partial charge in [0, 0.05) is 6.42 Å². The predicted octanol–water partition coefficient (Wildman–Crippen LogP) is 5.30. The number of ketones is 1. The van der Waals surface area contributed by atoms with E-state index in [0.29, 0.717) is 17.6 Å². The molecule has 0 spiro atoms. The molecule has 0 heterocycles. The fraction of sp³-hybridized carbons (Fsp3) is 0.842. The molecular weight excluding hydrogens is 260 g/mol. The number of allylic oxidation sites excluding steroid dienone is 1. The number of unbranched alkanes of at least 4 members (excludes halogenated alkanes) is 3. The first-order valence-electron chi connectivity index (χ1n) is 8.93. The Morgan fingerprint density at radius 3 is 2.43 bits per heavy atom. The van der Waals surface area contributed by atoms with Crippen molar-refractivity contribution < 1.29 is 9.90 Å². The fourth-order valence-corrected chi connectivity index (χ4v) is 3.35. The molecule has 1 fully saturated rings. The van der Waals surface area contributed by atoms with Crippen molar-refractivity contribution in [1.82, 2.24) is 0 Å². The Bertz CT molecular complexity index is 273. The maximum atomic E-state index is 10.8. The van der Waals surface area contributed by atoms with E-state index in [4.69, 9.17) is 0 Å². The molecular formula is C19H36O2. The number of Topliss-reactive ketones (excluding diaryl/α,β-unsaturated/α-hetero) is 1. The van der Waals surface area contributed by atoms with Gasteiger partial charge in [0.05, 0.1) is 6.10 Å². The third-order valence-corrected chi connectivity index (χ3v) is 4.49. The van der Waals surface area contributed by atoms with Gasteiger partial charge in [-0.3, -0.25) is 0 Å². The molecule has 1 aliphatic rings. The SMILES string of the molecule is C=CCCC1CC[C@H](O)[C@@H]1CCCCCCC(C)=O.CC. The van der Waals surface area contributed by atoms with E-state index in [1.54, 1.807) is 6.92 Å². The first kappa shape index (κ1) is 20.4. The summed E-state index contributed by atoms with van der Waals surface area (Å²) in [5.74, 6) is 1.51. The van der Waals surface area contributed by atoms with E-state index in [1.807, 2.05) is 19.9 Å². The number of carbonyl (C=O) groups excluding carboxylic acids is 1. The quantitative estimate of drug-likeness (QED) is 0.439. The van der Waals surface area contributed by atoms with Gasteiger partial charge in [-0.25, -0.2) is 0 Å². The van der Waals surface area contributed by atoms with Gasteiger partial charge >= 0.3 is 0 Å². The number of hydrogen-bond acceptors (Lipinski definition) is 2. The molecule has 2 nitrogen and oxygen atoms in total. The largest absolute Gasteiger partial charge is 0.393 e. The zero-order valence-electron chi connectivity index (χ0n) is 14.4. The van der Waals surface area contributed by atoms with E-state index in [1.165, 1.54) is 25.7 Å². The number of hydrogen-bond donors (Lipinski definition) is 1. The van der Waals surface area contributed by atoms with Gasteiger partial charge < -0.3 is 9.90 Å². The monoisotopic (exact) mass is 296 g/mol. The van der Waals surface area contributed by atoms with Crippen molar-refractivity contribution in [2.75, 3.05) is 0 Å². The highest BCUT2D eigenvalue weighted by Gasteiger charge is 2.33. The van der Waals surface area contributed by atoms with Crippen LogP contribution >= 0.6 is 0 Å². The second kappa shape index (κ2) is 13.1. The summed E-state index contributed by atoms with van der Waals surface area (Å²) in [6.07, 6.45) is 12.8. The van der Waals surface area contributed by atoms with Crippen LogP contribution in [0.3, 0.4) is 0 Å². The minimum Gasteiger partial charge on any atom is -0.393 e. The van der Waals surface area contributed by atoms with E-state index in [-0.39, 0.29) is 6.10 Å². The van der Waals surface area contributed by atoms with Gasteiger partial charge in [-0.15, -0.1) is 6.58 Å². The summed E-state index contributed by atoms with van der Waals surface area (Å²) in [5, 5.41) is 10.1. The first-order chi connectivity index (χ1) is 10.1. The molecule has 1 aliphatic carbocycles. The van der Waals surface area contributed by atoms with Crippen LogP contribution in [-0.2, 0) is 4.79 Å². The highest BCUT2D eigenvalue weighted by atomic mass is 16.3. The Hall–Kier alpha value is -0.630. The third-order valence-electron chi connectivity index (χ3n) is 4.49. The van der Waals surface area contributed by atoms with Crippen molar-refractivity contribution in [3.63, 3.8) is 0 Å². The number of carbonyl (C=O) groups is 1. The molecule has 0 bridgehead atoms. The second-order valence-electron chi connectivity index (χ2n) is 6.09. The van der Waals surface area contributed by atoms with E-state index in [0.717, 1.165) is 38.5 Å². The number of rotatable bonds is 10. The Kier molecular flexibility index (Phi) is 12.7. The fourth-order valence-electron chi connectivity index (χ4n) is 3.35. The van der Waals surface area contributed by atoms with Crippen LogP contribution in [0.1, 0.15) is 85.0 Å². The summed E-state index contributed by atoms with van der Waals surface area (Å²) in [6, 6.07) is 0. The summed E-state index contributed by atoms with van der Waals surface area (Å²) in [4.78, 5) is 10.8. The lowest BCUT2D eigenvalue weighted by Crippen LogP contribution is -2.19. The molecule has 21 heavy (non-hydrogen) atoms. The van der Waals surface area contributed by atoms with Crippen molar-refractivity contribution in [3.8, 4) is 0 Å². The van der Waals surface area contributed by atoms with E-state index in [9.17, 15) is 9.90 Å². The Balaban J connectivity index is 0.00000191. The lowest BCUT2D eigenvalue weighted by molar-refractivity contribution is -0.117. The van der Waals surface area contributed by atoms with Crippen LogP contribution in [0, 0.1) is 11.8 Å². The van der Waals surface area contributed by atoms with Crippen molar-refractivity contribution in [2.24, 2.45) is 11.8 Å². The molecule has 0 aromatic rings. The highest BCUT2D eigenvalue weighted by Crippen LogP contribution is 2.38. The molecule has 0 aromatic heterocycles. The molecule has 2 heteroatoms. The smallest absolute Gasteiger partial charge is 0.129 e. The molecule has 0 amide bonds. The number of aliphatic hydroxyl groups is 1. The Labute approximate surface area is 132 Å². The molecule has 0 aromatic carbocycles. The normalized spacial score (nSPS) is 24.3. The second-order valence-corrected chi connectivity index (χ2v) is 6.09. The molecule has 3 atom stereocenters. The molecule has 1 saturated carbocycles. The summed E-state index contributed by atoms with van der Waals surface area (Å²) in [6.45, 7) is 9.45. The van der Waals surface area contributed by atoms with E-state index in [2.05, 4.69) is 6.58 Å². The minimum absolute atomic E-state index is 0.0768. The molecule has 1 unspecified atom stereocenters. The standard InChI is InChI=1S/C17H30O2.C2H6/c1-3-4-10-15-12-13-17(19)16(15)11-8-6-5-7-9-14(2)18;1-2/h3,15-17,19H,1,4-13H2,2H3;1-2H3/t15?,16-,17+;/m1./s1. The van der Waals surface area contributed by atoms with Crippen LogP contribution in [0.15, 0.2) is 12.7 Å². The highest BCUT2D eigenvalue weighted by molar-refractivity contribution is 5.75.